The van der Waals surface area contributed by atoms with E-state index in [0.717, 1.165) is 22.6 Å². The summed E-state index contributed by atoms with van der Waals surface area (Å²) in [7, 11) is 0. The topological polar surface area (TPSA) is 61.3 Å². The molecule has 0 fully saturated rings. The van der Waals surface area contributed by atoms with Crippen LogP contribution in [-0.4, -0.2) is 0 Å². The Balaban J connectivity index is 1.88. The van der Waals surface area contributed by atoms with E-state index in [9.17, 15) is 0 Å². The van der Waals surface area contributed by atoms with E-state index in [1.54, 1.807) is 0 Å². The van der Waals surface area contributed by atoms with Gasteiger partial charge in [0.15, 0.2) is 0 Å². The fraction of sp³-hybridized carbons (Fsp3) is 0. The number of hydrogen-bond acceptors (Lipinski definition) is 3. The van der Waals surface area contributed by atoms with Crippen LogP contribution in [0.25, 0.3) is 11.1 Å². The second-order valence-corrected chi connectivity index (χ2v) is 4.79. The lowest BCUT2D eigenvalue weighted by Crippen LogP contribution is -1.93. The Kier molecular flexibility index (Phi) is 3.48. The third-order valence-corrected chi connectivity index (χ3v) is 3.22. The predicted molar refractivity (Wildman–Crippen MR) is 87.2 cm³/mol. The largest absolute Gasteiger partial charge is 0.455 e. The Hall–Kier alpha value is -2.94. The first kappa shape index (κ1) is 13.1. The quantitative estimate of drug-likeness (QED) is 0.701. The fourth-order valence-electron chi connectivity index (χ4n) is 2.11. The van der Waals surface area contributed by atoms with Gasteiger partial charge >= 0.3 is 0 Å². The van der Waals surface area contributed by atoms with Crippen molar-refractivity contribution in [3.63, 3.8) is 0 Å². The SMILES string of the molecule is Nc1ccc(-c2ccc(Oc3ccccc3)c(N)c2)cc1. The van der Waals surface area contributed by atoms with Crippen molar-refractivity contribution in [3.05, 3.63) is 72.8 Å². The second-order valence-electron chi connectivity index (χ2n) is 4.79. The number of para-hydroxylation sites is 1. The lowest BCUT2D eigenvalue weighted by Gasteiger charge is -2.10. The van der Waals surface area contributed by atoms with Crippen LogP contribution in [0.2, 0.25) is 0 Å². The first-order valence-electron chi connectivity index (χ1n) is 6.71. The Morgan fingerprint density at radius 1 is 0.667 bits per heavy atom. The van der Waals surface area contributed by atoms with E-state index in [2.05, 4.69) is 0 Å². The molecule has 0 unspecified atom stereocenters. The molecule has 0 atom stereocenters. The van der Waals surface area contributed by atoms with Gasteiger partial charge in [0.2, 0.25) is 0 Å². The first-order chi connectivity index (χ1) is 10.2. The van der Waals surface area contributed by atoms with E-state index < -0.39 is 0 Å². The fourth-order valence-corrected chi connectivity index (χ4v) is 2.11. The van der Waals surface area contributed by atoms with Gasteiger partial charge in [-0.05, 0) is 47.5 Å². The third kappa shape index (κ3) is 2.98. The summed E-state index contributed by atoms with van der Waals surface area (Å²) in [5.41, 5.74) is 15.2. The molecule has 0 saturated carbocycles. The summed E-state index contributed by atoms with van der Waals surface area (Å²) in [5.74, 6) is 1.42. The average molecular weight is 276 g/mol. The molecule has 0 aliphatic heterocycles. The molecule has 0 heterocycles. The minimum atomic E-state index is 0.605. The summed E-state index contributed by atoms with van der Waals surface area (Å²) in [6, 6.07) is 23.1. The maximum atomic E-state index is 6.09. The van der Waals surface area contributed by atoms with Crippen LogP contribution in [0.4, 0.5) is 11.4 Å². The number of anilines is 2. The van der Waals surface area contributed by atoms with Crippen LogP contribution in [0.5, 0.6) is 11.5 Å². The van der Waals surface area contributed by atoms with Crippen LogP contribution in [0.15, 0.2) is 72.8 Å². The molecule has 0 radical (unpaired) electrons. The minimum Gasteiger partial charge on any atom is -0.455 e. The first-order valence-corrected chi connectivity index (χ1v) is 6.71. The lowest BCUT2D eigenvalue weighted by molar-refractivity contribution is 0.485. The molecule has 0 spiro atoms. The number of nitrogens with two attached hydrogens (primary N) is 2. The third-order valence-electron chi connectivity index (χ3n) is 3.22. The number of hydrogen-bond donors (Lipinski definition) is 2. The smallest absolute Gasteiger partial charge is 0.150 e. The summed E-state index contributed by atoms with van der Waals surface area (Å²) in [6.45, 7) is 0. The highest BCUT2D eigenvalue weighted by atomic mass is 16.5. The maximum absolute atomic E-state index is 6.09. The molecule has 0 aromatic heterocycles. The molecule has 3 heteroatoms. The van der Waals surface area contributed by atoms with Gasteiger partial charge in [0.05, 0.1) is 5.69 Å². The number of nitrogen functional groups attached to an aromatic ring is 2. The zero-order chi connectivity index (χ0) is 14.7. The van der Waals surface area contributed by atoms with E-state index in [4.69, 9.17) is 16.2 Å². The molecule has 3 aromatic carbocycles. The van der Waals surface area contributed by atoms with Gasteiger partial charge in [-0.15, -0.1) is 0 Å². The van der Waals surface area contributed by atoms with Crippen LogP contribution >= 0.6 is 0 Å². The van der Waals surface area contributed by atoms with Gasteiger partial charge in [-0.1, -0.05) is 36.4 Å². The molecule has 0 amide bonds. The van der Waals surface area contributed by atoms with Crippen molar-refractivity contribution in [2.24, 2.45) is 0 Å². The van der Waals surface area contributed by atoms with Crippen molar-refractivity contribution in [2.75, 3.05) is 11.5 Å². The standard InChI is InChI=1S/C18H16N2O/c19-15-9-6-13(7-10-15)14-8-11-18(17(20)12-14)21-16-4-2-1-3-5-16/h1-12H,19-20H2. The van der Waals surface area contributed by atoms with Crippen LogP contribution in [0.3, 0.4) is 0 Å². The van der Waals surface area contributed by atoms with E-state index in [-0.39, 0.29) is 0 Å². The Morgan fingerprint density at radius 2 is 1.33 bits per heavy atom. The molecular formula is C18H16N2O. The number of benzene rings is 3. The molecule has 0 aliphatic rings. The summed E-state index contributed by atoms with van der Waals surface area (Å²) < 4.78 is 5.77. The molecule has 0 bridgehead atoms. The normalized spacial score (nSPS) is 10.3. The summed E-state index contributed by atoms with van der Waals surface area (Å²) in [5, 5.41) is 0. The van der Waals surface area contributed by atoms with Crippen molar-refractivity contribution < 1.29 is 4.74 Å². The molecule has 3 aromatic rings. The molecule has 3 rings (SSSR count). The van der Waals surface area contributed by atoms with Gasteiger partial charge in [0, 0.05) is 5.69 Å². The van der Waals surface area contributed by atoms with E-state index in [0.29, 0.717) is 11.4 Å². The highest BCUT2D eigenvalue weighted by Gasteiger charge is 2.05. The van der Waals surface area contributed by atoms with E-state index in [1.165, 1.54) is 0 Å². The zero-order valence-electron chi connectivity index (χ0n) is 11.5. The van der Waals surface area contributed by atoms with E-state index in [1.807, 2.05) is 72.8 Å². The highest BCUT2D eigenvalue weighted by Crippen LogP contribution is 2.31. The number of rotatable bonds is 3. The van der Waals surface area contributed by atoms with Crippen LogP contribution in [0.1, 0.15) is 0 Å². The molecule has 0 aliphatic carbocycles. The van der Waals surface area contributed by atoms with Crippen LogP contribution in [-0.2, 0) is 0 Å². The van der Waals surface area contributed by atoms with Crippen molar-refractivity contribution >= 4 is 11.4 Å². The van der Waals surface area contributed by atoms with E-state index >= 15 is 0 Å². The Bertz CT molecular complexity index is 737. The average Bonchev–Trinajstić information content (AvgIpc) is 2.51. The van der Waals surface area contributed by atoms with Gasteiger partial charge in [0.1, 0.15) is 11.5 Å². The molecular weight excluding hydrogens is 260 g/mol. The van der Waals surface area contributed by atoms with Crippen molar-refractivity contribution in [2.45, 2.75) is 0 Å². The van der Waals surface area contributed by atoms with Crippen molar-refractivity contribution in [3.8, 4) is 22.6 Å². The van der Waals surface area contributed by atoms with Crippen LogP contribution in [0, 0.1) is 0 Å². The lowest BCUT2D eigenvalue weighted by atomic mass is 10.0. The molecule has 21 heavy (non-hydrogen) atoms. The van der Waals surface area contributed by atoms with Gasteiger partial charge in [-0.25, -0.2) is 0 Å². The molecule has 0 saturated heterocycles. The zero-order valence-corrected chi connectivity index (χ0v) is 11.5. The minimum absolute atomic E-state index is 0.605. The predicted octanol–water partition coefficient (Wildman–Crippen LogP) is 4.31. The van der Waals surface area contributed by atoms with Gasteiger partial charge < -0.3 is 16.2 Å². The molecule has 4 N–H and O–H groups in total. The van der Waals surface area contributed by atoms with Crippen LogP contribution < -0.4 is 16.2 Å². The van der Waals surface area contributed by atoms with Gasteiger partial charge in [-0.3, -0.25) is 0 Å². The summed E-state index contributed by atoms with van der Waals surface area (Å²) >= 11 is 0. The summed E-state index contributed by atoms with van der Waals surface area (Å²) in [6.07, 6.45) is 0. The molecule has 3 nitrogen and oxygen atoms in total. The molecule has 104 valence electrons. The van der Waals surface area contributed by atoms with Crippen molar-refractivity contribution in [1.29, 1.82) is 0 Å². The second kappa shape index (κ2) is 5.59. The Morgan fingerprint density at radius 3 is 2.00 bits per heavy atom. The summed E-state index contributed by atoms with van der Waals surface area (Å²) in [4.78, 5) is 0. The van der Waals surface area contributed by atoms with Crippen molar-refractivity contribution in [1.82, 2.24) is 0 Å². The Labute approximate surface area is 123 Å². The maximum Gasteiger partial charge on any atom is 0.150 e. The monoisotopic (exact) mass is 276 g/mol. The van der Waals surface area contributed by atoms with Gasteiger partial charge in [-0.2, -0.15) is 0 Å². The van der Waals surface area contributed by atoms with Gasteiger partial charge in [0.25, 0.3) is 0 Å². The highest BCUT2D eigenvalue weighted by molar-refractivity contribution is 5.72. The number of ether oxygens (including phenoxy) is 1.